The number of unbranched alkanes of at least 4 members (excludes halogenated alkanes) is 2. The van der Waals surface area contributed by atoms with E-state index in [-0.39, 0.29) is 104 Å². The molecule has 3 rings (SSSR count). The summed E-state index contributed by atoms with van der Waals surface area (Å²) in [7, 11) is 0. The zero-order chi connectivity index (χ0) is 55.5. The van der Waals surface area contributed by atoms with Gasteiger partial charge < -0.3 is 61.9 Å². The lowest BCUT2D eigenvalue weighted by molar-refractivity contribution is -0.142. The van der Waals surface area contributed by atoms with E-state index in [1.54, 1.807) is 48.9 Å². The lowest BCUT2D eigenvalue weighted by Gasteiger charge is -2.37. The summed E-state index contributed by atoms with van der Waals surface area (Å²) in [6.45, 7) is 0.621. The molecule has 26 nitrogen and oxygen atoms in total. The van der Waals surface area contributed by atoms with Crippen LogP contribution in [0.2, 0.25) is 0 Å². The van der Waals surface area contributed by atoms with Crippen LogP contribution in [0.25, 0.3) is 0 Å². The molecule has 1 saturated heterocycles. The molecule has 11 N–H and O–H groups in total. The molecule has 1 fully saturated rings. The quantitative estimate of drug-likeness (QED) is 0.0296. The molecule has 3 atom stereocenters. The number of aromatic nitrogens is 1. The second-order valence-corrected chi connectivity index (χ2v) is 19.1. The maximum absolute atomic E-state index is 13.5. The van der Waals surface area contributed by atoms with Gasteiger partial charge in [-0.15, -0.1) is 0 Å². The van der Waals surface area contributed by atoms with Gasteiger partial charge in [-0.25, -0.2) is 19.4 Å². The van der Waals surface area contributed by atoms with E-state index < -0.39 is 85.3 Å². The van der Waals surface area contributed by atoms with Crippen LogP contribution in [0, 0.1) is 0 Å². The molecular weight excluding hydrogens is 1070 g/mol. The molecule has 2 aromatic rings. The second-order valence-electron chi connectivity index (χ2n) is 17.9. The number of pyridine rings is 1. The third-order valence-electron chi connectivity index (χ3n) is 11.9. The zero-order valence-electron chi connectivity index (χ0n) is 41.3. The third-order valence-corrected chi connectivity index (χ3v) is 12.6. The maximum Gasteiger partial charge on any atom is 0.326 e. The fourth-order valence-corrected chi connectivity index (χ4v) is 8.55. The summed E-state index contributed by atoms with van der Waals surface area (Å²) in [5, 5.41) is 77.5. The molecular formula is C47H67BrN10O16S. The zero-order valence-corrected chi connectivity index (χ0v) is 43.7. The molecule has 3 amide bonds. The number of thiocarbonyl (C=S) groups is 1. The van der Waals surface area contributed by atoms with Crippen LogP contribution in [0.5, 0.6) is 0 Å². The number of nitrogens with zero attached hydrogens (tertiary/aromatic N) is 6. The van der Waals surface area contributed by atoms with E-state index >= 15 is 0 Å². The van der Waals surface area contributed by atoms with Crippen molar-refractivity contribution in [3.8, 4) is 0 Å². The first-order chi connectivity index (χ1) is 35.6. The van der Waals surface area contributed by atoms with Crippen LogP contribution in [-0.4, -0.2) is 227 Å². The van der Waals surface area contributed by atoms with Crippen molar-refractivity contribution >= 4 is 92.7 Å². The number of hydrogen-bond acceptors (Lipinski definition) is 15. The van der Waals surface area contributed by atoms with Crippen LogP contribution in [0.3, 0.4) is 0 Å². The van der Waals surface area contributed by atoms with Crippen LogP contribution in [0.4, 0.5) is 10.5 Å². The molecule has 1 unspecified atom stereocenters. The van der Waals surface area contributed by atoms with E-state index in [2.05, 4.69) is 42.2 Å². The van der Waals surface area contributed by atoms with Crippen LogP contribution < -0.4 is 21.3 Å². The topological polar surface area (TPSA) is 372 Å². The van der Waals surface area contributed by atoms with Crippen LogP contribution in [0.15, 0.2) is 47.2 Å². The van der Waals surface area contributed by atoms with Gasteiger partial charge in [-0.2, -0.15) is 0 Å². The summed E-state index contributed by atoms with van der Waals surface area (Å²) in [4.78, 5) is 120. The van der Waals surface area contributed by atoms with Crippen molar-refractivity contribution < 1.29 is 78.9 Å². The van der Waals surface area contributed by atoms with Gasteiger partial charge in [0.1, 0.15) is 16.7 Å². The first kappa shape index (κ1) is 62.7. The molecule has 414 valence electrons. The molecule has 1 aromatic heterocycles. The van der Waals surface area contributed by atoms with E-state index in [0.717, 1.165) is 11.1 Å². The number of anilines is 1. The summed E-state index contributed by atoms with van der Waals surface area (Å²) < 4.78 is 0.606. The Morgan fingerprint density at radius 2 is 1.19 bits per heavy atom. The molecule has 1 aliphatic rings. The highest BCUT2D eigenvalue weighted by atomic mass is 79.9. The smallest absolute Gasteiger partial charge is 0.326 e. The number of rotatable bonds is 30. The van der Waals surface area contributed by atoms with E-state index in [4.69, 9.17) is 17.3 Å². The van der Waals surface area contributed by atoms with Crippen molar-refractivity contribution in [3.63, 3.8) is 0 Å². The molecule has 75 heavy (non-hydrogen) atoms. The van der Waals surface area contributed by atoms with Gasteiger partial charge in [0.2, 0.25) is 5.91 Å². The van der Waals surface area contributed by atoms with E-state index in [1.807, 2.05) is 18.2 Å². The molecule has 0 radical (unpaired) electrons. The highest BCUT2D eigenvalue weighted by Crippen LogP contribution is 2.17. The number of carbonyl (C=O) groups is 9. The summed E-state index contributed by atoms with van der Waals surface area (Å²) >= 11 is 8.82. The third kappa shape index (κ3) is 26.5. The van der Waals surface area contributed by atoms with Gasteiger partial charge >= 0.3 is 47.8 Å². The minimum Gasteiger partial charge on any atom is -0.481 e. The normalized spacial score (nSPS) is 15.9. The molecule has 1 aliphatic heterocycles. The molecule has 0 bridgehead atoms. The predicted octanol–water partition coefficient (Wildman–Crippen LogP) is 1.04. The van der Waals surface area contributed by atoms with Crippen molar-refractivity contribution in [2.45, 2.75) is 82.5 Å². The van der Waals surface area contributed by atoms with Gasteiger partial charge in [0, 0.05) is 96.2 Å². The van der Waals surface area contributed by atoms with Crippen molar-refractivity contribution in [1.29, 1.82) is 0 Å². The Hall–Kier alpha value is -6.59. The maximum atomic E-state index is 13.5. The van der Waals surface area contributed by atoms with Crippen molar-refractivity contribution in [2.24, 2.45) is 0 Å². The molecule has 2 heterocycles. The lowest BCUT2D eigenvalue weighted by Crippen LogP contribution is -2.53. The fourth-order valence-electron chi connectivity index (χ4n) is 8.09. The first-order valence-electron chi connectivity index (χ1n) is 24.1. The Bertz CT molecular complexity index is 2250. The predicted molar refractivity (Wildman–Crippen MR) is 276 cm³/mol. The van der Waals surface area contributed by atoms with Crippen LogP contribution in [0.1, 0.15) is 62.5 Å². The number of carboxylic acids is 7. The SMILES string of the molecule is O=C(O)CC[C@H](NC(=O)N[C@@H](CCCCN(Cc1ccc(Br)nc1)C(=O)CCCCNC(=S)Nc1ccc(CC2CN(CC(=O)O)CCN(CC(=O)O)CCN(CC(=O)O)CCN2CC(=O)O)cc1)C(=O)O)C(=O)O. The van der Waals surface area contributed by atoms with Crippen LogP contribution in [-0.2, 0) is 51.3 Å². The second kappa shape index (κ2) is 33.4. The monoisotopic (exact) mass is 1140 g/mol. The minimum atomic E-state index is -1.54. The fraction of sp³-hybridized carbons (Fsp3) is 0.553. The van der Waals surface area contributed by atoms with Gasteiger partial charge in [-0.05, 0) is 102 Å². The lowest BCUT2D eigenvalue weighted by atomic mass is 10.0. The number of halogens is 1. The van der Waals surface area contributed by atoms with E-state index in [9.17, 15) is 73.8 Å². The van der Waals surface area contributed by atoms with Crippen molar-refractivity contribution in [2.75, 3.05) is 90.4 Å². The molecule has 0 saturated carbocycles. The highest BCUT2D eigenvalue weighted by molar-refractivity contribution is 9.10. The van der Waals surface area contributed by atoms with Gasteiger partial charge in [-0.3, -0.25) is 48.4 Å². The van der Waals surface area contributed by atoms with Gasteiger partial charge in [0.15, 0.2) is 5.11 Å². The number of hydrogen-bond donors (Lipinski definition) is 11. The van der Waals surface area contributed by atoms with Crippen molar-refractivity contribution in [3.05, 3.63) is 58.3 Å². The highest BCUT2D eigenvalue weighted by Gasteiger charge is 2.29. The molecule has 1 aromatic carbocycles. The Balaban J connectivity index is 1.58. The number of carbonyl (C=O) groups excluding carboxylic acids is 2. The Morgan fingerprint density at radius 3 is 1.73 bits per heavy atom. The summed E-state index contributed by atoms with van der Waals surface area (Å²) in [5.41, 5.74) is 2.18. The number of nitrogens with one attached hydrogen (secondary N) is 4. The number of benzene rings is 1. The van der Waals surface area contributed by atoms with Crippen molar-refractivity contribution in [1.82, 2.24) is 45.4 Å². The van der Waals surface area contributed by atoms with Gasteiger partial charge in [-0.1, -0.05) is 18.2 Å². The summed E-state index contributed by atoms with van der Waals surface area (Å²) in [6.07, 6.45) is 2.81. The number of urea groups is 1. The average molecular weight is 1140 g/mol. The molecule has 0 spiro atoms. The number of aliphatic carboxylic acids is 7. The largest absolute Gasteiger partial charge is 0.481 e. The van der Waals surface area contributed by atoms with Gasteiger partial charge in [0.25, 0.3) is 0 Å². The summed E-state index contributed by atoms with van der Waals surface area (Å²) in [6, 6.07) is 6.20. The average Bonchev–Trinajstić information content (AvgIpc) is 3.32. The molecule has 0 aliphatic carbocycles. The standard InChI is InChI=1S/C47H67BrN10O16S/c48-37-13-9-32(24-50-37)25-58(16-4-2-5-35(44(70)71)52-46(74)53-36(45(72)73)12-14-39(60)61)38(59)6-1-3-15-49-47(75)51-33-10-7-31(8-11-33)23-34-26-56(29-42(66)67)20-19-54(27-40(62)63)17-18-55(28-41(64)65)21-22-57(34)30-43(68)69/h7-11,13,24,34-36H,1-6,12,14-23,25-30H2,(H,60,61)(H,62,63)(H,64,65)(H,66,67)(H,68,69)(H,70,71)(H,72,73)(H2,49,51,75)(H2,52,53,74)/t34?,35-,36-/m0/s1. The number of amides is 3. The molecule has 28 heteroatoms. The first-order valence-corrected chi connectivity index (χ1v) is 25.3. The Labute approximate surface area is 446 Å². The minimum absolute atomic E-state index is 0.0407. The number of carboxylic acid groups (broad SMARTS) is 7. The van der Waals surface area contributed by atoms with Crippen LogP contribution >= 0.6 is 28.1 Å². The van der Waals surface area contributed by atoms with E-state index in [0.29, 0.717) is 47.6 Å². The van der Waals surface area contributed by atoms with E-state index in [1.165, 1.54) is 0 Å². The summed E-state index contributed by atoms with van der Waals surface area (Å²) in [5.74, 6) is -8.67. The Morgan fingerprint density at radius 1 is 0.640 bits per heavy atom. The van der Waals surface area contributed by atoms with Gasteiger partial charge in [0.05, 0.1) is 26.2 Å². The Kier molecular flexibility index (Phi) is 27.9.